The zero-order valence-corrected chi connectivity index (χ0v) is 11.5. The van der Waals surface area contributed by atoms with Gasteiger partial charge < -0.3 is 15.0 Å². The molecule has 4 heteroatoms. The van der Waals surface area contributed by atoms with E-state index in [1.54, 1.807) is 6.07 Å². The number of rotatable bonds is 4. The Bertz CT molecular complexity index is 642. The highest BCUT2D eigenvalue weighted by molar-refractivity contribution is 5.89. The van der Waals surface area contributed by atoms with E-state index in [-0.39, 0.29) is 5.97 Å². The topological polar surface area (TPSA) is 57.2 Å². The van der Waals surface area contributed by atoms with Gasteiger partial charge in [-0.05, 0) is 37.0 Å². The van der Waals surface area contributed by atoms with Crippen LogP contribution in [0.5, 0.6) is 0 Å². The number of anilines is 1. The number of nitrogens with two attached hydrogens (primary N) is 1. The summed E-state index contributed by atoms with van der Waals surface area (Å²) in [6, 6.07) is 10.00. The molecule has 1 heterocycles. The number of aromatic nitrogens is 1. The highest BCUT2D eigenvalue weighted by atomic mass is 16.5. The Balaban J connectivity index is 1.72. The molecule has 4 nitrogen and oxygen atoms in total. The highest BCUT2D eigenvalue weighted by Crippen LogP contribution is 2.37. The van der Waals surface area contributed by atoms with Crippen molar-refractivity contribution in [1.29, 1.82) is 0 Å². The van der Waals surface area contributed by atoms with Crippen molar-refractivity contribution in [3.8, 4) is 0 Å². The molecule has 2 N–H and O–H groups in total. The van der Waals surface area contributed by atoms with Crippen LogP contribution >= 0.6 is 0 Å². The fourth-order valence-electron chi connectivity index (χ4n) is 2.31. The van der Waals surface area contributed by atoms with Crippen molar-refractivity contribution in [3.05, 3.63) is 53.3 Å². The first-order valence-corrected chi connectivity index (χ1v) is 6.84. The summed E-state index contributed by atoms with van der Waals surface area (Å²) < 4.78 is 7.35. The molecule has 20 heavy (non-hydrogen) atoms. The summed E-state index contributed by atoms with van der Waals surface area (Å²) in [6.07, 6.45) is 4.03. The Labute approximate surface area is 118 Å². The van der Waals surface area contributed by atoms with E-state index in [0.29, 0.717) is 24.0 Å². The molecule has 2 aromatic rings. The number of benzene rings is 1. The minimum absolute atomic E-state index is 0.293. The highest BCUT2D eigenvalue weighted by Gasteiger charge is 2.28. The fourth-order valence-corrected chi connectivity index (χ4v) is 2.31. The molecule has 0 bridgehead atoms. The molecule has 0 atom stereocenters. The molecule has 1 fully saturated rings. The maximum atomic E-state index is 12.2. The average Bonchev–Trinajstić information content (AvgIpc) is 3.20. The zero-order valence-electron chi connectivity index (χ0n) is 11.5. The quantitative estimate of drug-likeness (QED) is 0.869. The van der Waals surface area contributed by atoms with Crippen LogP contribution in [-0.2, 0) is 11.3 Å². The third-order valence-electron chi connectivity index (χ3n) is 3.64. The summed E-state index contributed by atoms with van der Waals surface area (Å²) in [4.78, 5) is 12.2. The number of aryl methyl sites for hydroxylation is 1. The van der Waals surface area contributed by atoms with Gasteiger partial charge in [-0.1, -0.05) is 24.3 Å². The number of nitrogen functional groups attached to an aromatic ring is 1. The molecule has 0 radical (unpaired) electrons. The normalized spacial score (nSPS) is 14.2. The number of carbonyl (C=O) groups is 1. The van der Waals surface area contributed by atoms with Gasteiger partial charge in [0.15, 0.2) is 0 Å². The smallest absolute Gasteiger partial charge is 0.355 e. The molecular weight excluding hydrogens is 252 g/mol. The number of carbonyl (C=O) groups excluding carboxylic acids is 1. The summed E-state index contributed by atoms with van der Waals surface area (Å²) in [6.45, 7) is 2.30. The second-order valence-corrected chi connectivity index (χ2v) is 5.30. The van der Waals surface area contributed by atoms with Crippen LogP contribution in [0.25, 0.3) is 0 Å². The van der Waals surface area contributed by atoms with Crippen LogP contribution in [0.1, 0.15) is 40.5 Å². The van der Waals surface area contributed by atoms with Gasteiger partial charge in [0.05, 0.1) is 5.69 Å². The fraction of sp³-hybridized carbons (Fsp3) is 0.312. The molecule has 1 aromatic heterocycles. The van der Waals surface area contributed by atoms with Gasteiger partial charge in [-0.15, -0.1) is 0 Å². The van der Waals surface area contributed by atoms with Crippen LogP contribution < -0.4 is 5.73 Å². The second kappa shape index (κ2) is 5.04. The molecular formula is C16H18N2O2. The van der Waals surface area contributed by atoms with Crippen LogP contribution in [0, 0.1) is 6.92 Å². The van der Waals surface area contributed by atoms with Gasteiger partial charge in [-0.2, -0.15) is 0 Å². The van der Waals surface area contributed by atoms with Crippen molar-refractivity contribution in [2.75, 3.05) is 5.73 Å². The van der Waals surface area contributed by atoms with E-state index in [1.165, 1.54) is 0 Å². The number of hydrogen-bond donors (Lipinski definition) is 1. The monoisotopic (exact) mass is 270 g/mol. The molecule has 0 spiro atoms. The average molecular weight is 270 g/mol. The first-order chi connectivity index (χ1) is 9.65. The zero-order chi connectivity index (χ0) is 14.1. The van der Waals surface area contributed by atoms with Crippen molar-refractivity contribution < 1.29 is 9.53 Å². The Morgan fingerprint density at radius 1 is 1.40 bits per heavy atom. The molecule has 0 unspecified atom stereocenters. The summed E-state index contributed by atoms with van der Waals surface area (Å²) in [5.74, 6) is -0.308. The minimum atomic E-state index is -0.308. The van der Waals surface area contributed by atoms with E-state index >= 15 is 0 Å². The van der Waals surface area contributed by atoms with Crippen molar-refractivity contribution in [2.45, 2.75) is 32.4 Å². The van der Waals surface area contributed by atoms with E-state index in [9.17, 15) is 4.79 Å². The van der Waals surface area contributed by atoms with Crippen LogP contribution in [0.2, 0.25) is 0 Å². The molecule has 1 aliphatic carbocycles. The Morgan fingerprint density at radius 2 is 2.15 bits per heavy atom. The Hall–Kier alpha value is -2.23. The molecule has 1 aromatic carbocycles. The van der Waals surface area contributed by atoms with Crippen LogP contribution in [-0.4, -0.2) is 10.5 Å². The summed E-state index contributed by atoms with van der Waals surface area (Å²) in [7, 11) is 0. The third-order valence-corrected chi connectivity index (χ3v) is 3.64. The third kappa shape index (κ3) is 2.54. The molecule has 3 rings (SSSR count). The Morgan fingerprint density at radius 3 is 2.85 bits per heavy atom. The van der Waals surface area contributed by atoms with Gasteiger partial charge in [0, 0.05) is 12.2 Å². The summed E-state index contributed by atoms with van der Waals surface area (Å²) in [5, 5.41) is 0. The van der Waals surface area contributed by atoms with Crippen molar-refractivity contribution in [1.82, 2.24) is 4.57 Å². The predicted octanol–water partition coefficient (Wildman–Crippen LogP) is 3.07. The molecule has 104 valence electrons. The summed E-state index contributed by atoms with van der Waals surface area (Å²) >= 11 is 0. The first kappa shape index (κ1) is 12.8. The van der Waals surface area contributed by atoms with E-state index in [1.807, 2.05) is 42.0 Å². The van der Waals surface area contributed by atoms with Crippen molar-refractivity contribution in [2.24, 2.45) is 0 Å². The van der Waals surface area contributed by atoms with Gasteiger partial charge >= 0.3 is 5.97 Å². The van der Waals surface area contributed by atoms with E-state index in [0.717, 1.165) is 24.0 Å². The lowest BCUT2D eigenvalue weighted by molar-refractivity contribution is 0.0459. The number of nitrogens with zero attached hydrogens (tertiary/aromatic N) is 1. The number of esters is 1. The molecule has 0 saturated heterocycles. The second-order valence-electron chi connectivity index (χ2n) is 5.30. The Kier molecular flexibility index (Phi) is 3.22. The molecule has 0 amide bonds. The van der Waals surface area contributed by atoms with Gasteiger partial charge in [-0.3, -0.25) is 0 Å². The van der Waals surface area contributed by atoms with E-state index < -0.39 is 0 Å². The van der Waals surface area contributed by atoms with Crippen molar-refractivity contribution in [3.63, 3.8) is 0 Å². The molecule has 1 saturated carbocycles. The predicted molar refractivity (Wildman–Crippen MR) is 77.4 cm³/mol. The lowest BCUT2D eigenvalue weighted by Crippen LogP contribution is -2.11. The number of hydrogen-bond acceptors (Lipinski definition) is 3. The van der Waals surface area contributed by atoms with Crippen molar-refractivity contribution >= 4 is 11.7 Å². The lowest BCUT2D eigenvalue weighted by atomic mass is 10.1. The van der Waals surface area contributed by atoms with E-state index in [2.05, 4.69) is 0 Å². The lowest BCUT2D eigenvalue weighted by Gasteiger charge is -2.09. The minimum Gasteiger partial charge on any atom is -0.456 e. The number of ether oxygens (including phenoxy) is 1. The maximum Gasteiger partial charge on any atom is 0.355 e. The van der Waals surface area contributed by atoms with Crippen LogP contribution in [0.15, 0.2) is 36.5 Å². The van der Waals surface area contributed by atoms with Gasteiger partial charge in [0.1, 0.15) is 12.3 Å². The first-order valence-electron chi connectivity index (χ1n) is 6.84. The largest absolute Gasteiger partial charge is 0.456 e. The van der Waals surface area contributed by atoms with Gasteiger partial charge in [0.2, 0.25) is 0 Å². The van der Waals surface area contributed by atoms with Gasteiger partial charge in [0.25, 0.3) is 0 Å². The molecule has 1 aliphatic rings. The SMILES string of the molecule is Cc1ccccc1COC(=O)c1cc(N)cn1C1CC1. The standard InChI is InChI=1S/C16H18N2O2/c1-11-4-2-3-5-12(11)10-20-16(19)15-8-13(17)9-18(15)14-6-7-14/h2-5,8-9,14H,6-7,10,17H2,1H3. The van der Waals surface area contributed by atoms with Crippen LogP contribution in [0.3, 0.4) is 0 Å². The molecule has 0 aliphatic heterocycles. The summed E-state index contributed by atoms with van der Waals surface area (Å²) in [5.41, 5.74) is 9.10. The van der Waals surface area contributed by atoms with E-state index in [4.69, 9.17) is 10.5 Å². The van der Waals surface area contributed by atoms with Crippen LogP contribution in [0.4, 0.5) is 5.69 Å². The van der Waals surface area contributed by atoms with Gasteiger partial charge in [-0.25, -0.2) is 4.79 Å². The maximum absolute atomic E-state index is 12.2.